The van der Waals surface area contributed by atoms with Crippen LogP contribution in [0.2, 0.25) is 0 Å². The zero-order valence-corrected chi connectivity index (χ0v) is 39.0. The predicted molar refractivity (Wildman–Crippen MR) is 242 cm³/mol. The van der Waals surface area contributed by atoms with Gasteiger partial charge in [-0.25, -0.2) is 4.79 Å². The number of nitrogens with zero attached hydrogens (tertiary/aromatic N) is 4. The van der Waals surface area contributed by atoms with Crippen molar-refractivity contribution in [1.29, 1.82) is 0 Å². The van der Waals surface area contributed by atoms with E-state index in [0.717, 1.165) is 81.1 Å². The van der Waals surface area contributed by atoms with E-state index >= 15 is 0 Å². The number of aromatic nitrogens is 3. The van der Waals surface area contributed by atoms with Crippen LogP contribution in [0.5, 0.6) is 0 Å². The normalized spacial score (nSPS) is 20.7. The summed E-state index contributed by atoms with van der Waals surface area (Å²) in [5.41, 5.74) is 10.1. The van der Waals surface area contributed by atoms with Crippen molar-refractivity contribution in [2.45, 2.75) is 126 Å². The van der Waals surface area contributed by atoms with Gasteiger partial charge in [0.2, 0.25) is 0 Å². The molecular weight excluding hydrogens is 761 g/mol. The van der Waals surface area contributed by atoms with Crippen LogP contribution >= 0.6 is 0 Å². The van der Waals surface area contributed by atoms with Crippen molar-refractivity contribution < 1.29 is 23.9 Å². The molecule has 0 radical (unpaired) electrons. The van der Waals surface area contributed by atoms with Crippen LogP contribution in [0.4, 0.5) is 0 Å². The van der Waals surface area contributed by atoms with Crippen LogP contribution in [-0.2, 0) is 25.5 Å². The van der Waals surface area contributed by atoms with Crippen molar-refractivity contribution in [3.05, 3.63) is 102 Å². The Kier molecular flexibility index (Phi) is 15.6. The second-order valence-corrected chi connectivity index (χ2v) is 17.4. The molecule has 0 aromatic carbocycles. The summed E-state index contributed by atoms with van der Waals surface area (Å²) in [6, 6.07) is -0.648. The number of hydrogen-bond donors (Lipinski definition) is 0. The molecule has 10 heteroatoms. The zero-order chi connectivity index (χ0) is 42.7. The summed E-state index contributed by atoms with van der Waals surface area (Å²) in [5.74, 6) is -0.375. The number of methoxy groups -OCH3 is 1. The number of hydrogen-bond acceptors (Lipinski definition) is 5. The van der Waals surface area contributed by atoms with Gasteiger partial charge in [0, 0.05) is 12.0 Å². The van der Waals surface area contributed by atoms with E-state index in [2.05, 4.69) is 55.0 Å². The van der Waals surface area contributed by atoms with Crippen molar-refractivity contribution in [2.75, 3.05) is 13.7 Å². The molecule has 0 saturated carbocycles. The second-order valence-electron chi connectivity index (χ2n) is 17.4. The molecule has 1 unspecified atom stereocenters. The van der Waals surface area contributed by atoms with Crippen LogP contribution in [0.1, 0.15) is 154 Å². The van der Waals surface area contributed by atoms with E-state index in [9.17, 15) is 14.4 Å². The third-order valence-corrected chi connectivity index (χ3v) is 12.9. The maximum absolute atomic E-state index is 14.3. The third-order valence-electron chi connectivity index (χ3n) is 12.9. The quantitative estimate of drug-likeness (QED) is 0.0611. The molecule has 3 aliphatic rings. The first kappa shape index (κ1) is 46.8. The van der Waals surface area contributed by atoms with Crippen LogP contribution in [0, 0.1) is 44.4 Å². The van der Waals surface area contributed by atoms with E-state index in [1.165, 1.54) is 38.4 Å². The maximum Gasteiger partial charge on any atom is 2.00 e. The van der Waals surface area contributed by atoms with Gasteiger partial charge in [-0.3, -0.25) is 9.59 Å². The van der Waals surface area contributed by atoms with Gasteiger partial charge in [0.25, 0.3) is 0 Å². The Balaban J connectivity index is 0.00000683. The minimum atomic E-state index is -0.723. The van der Waals surface area contributed by atoms with E-state index in [1.54, 1.807) is 0 Å². The van der Waals surface area contributed by atoms with Crippen molar-refractivity contribution in [3.8, 4) is 0 Å². The van der Waals surface area contributed by atoms with Gasteiger partial charge in [0.1, 0.15) is 12.2 Å². The first-order valence-electron chi connectivity index (χ1n) is 21.6. The predicted octanol–water partition coefficient (Wildman–Crippen LogP) is 8.35. The fourth-order valence-electron chi connectivity index (χ4n) is 9.19. The molecule has 1 saturated heterocycles. The van der Waals surface area contributed by atoms with Crippen LogP contribution in [0.25, 0.3) is 35.2 Å². The molecular formula is C50H62MgN4O5-2. The van der Waals surface area contributed by atoms with Crippen molar-refractivity contribution >= 4 is 70.7 Å². The van der Waals surface area contributed by atoms with Gasteiger partial charge >= 0.3 is 35.0 Å². The molecule has 0 spiro atoms. The molecule has 0 N–H and O–H groups in total. The molecule has 8 bridgehead atoms. The molecule has 3 aromatic rings. The molecule has 316 valence electrons. The molecule has 1 aliphatic carbocycles. The van der Waals surface area contributed by atoms with Crippen LogP contribution in [0.15, 0.2) is 29.5 Å². The van der Waals surface area contributed by atoms with Gasteiger partial charge in [-0.2, -0.15) is 5.70 Å². The summed E-state index contributed by atoms with van der Waals surface area (Å²) < 4.78 is 11.0. The van der Waals surface area contributed by atoms with E-state index < -0.39 is 17.8 Å². The minimum absolute atomic E-state index is 0. The summed E-state index contributed by atoms with van der Waals surface area (Å²) in [6.07, 6.45) is 18.3. The zero-order valence-electron chi connectivity index (χ0n) is 37.6. The standard InChI is InChI=1S/C50H64N4O5.Mg/c1-12-34-30(7)37-24-39-32(9)36(20-21-43(55)59-23-22-29(6)19-15-18-28(5)17-14-16-27(3)4)47(53-39)45-46(50(57)58-11)49(56)44-33(10)40(54-48(44)45)26-42-35(13-2)31(8)38(52-42)25-41(34)51-37;/h12,22,24-28,32,36,47H,1,13-21,23H2,2-11H3,(H2-2,51,52,53,54,56,57);/q-2;+2/p-2/b29-22+;/t28-,32+,36+,47?;/m1./s1. The Morgan fingerprint density at radius 3 is 2.28 bits per heavy atom. The largest absolute Gasteiger partial charge is 2.00 e. The van der Waals surface area contributed by atoms with Crippen molar-refractivity contribution in [2.24, 2.45) is 23.7 Å². The minimum Gasteiger partial charge on any atom is -0.681 e. The number of allylic oxidation sites excluding steroid dienone is 2. The van der Waals surface area contributed by atoms with E-state index in [4.69, 9.17) is 29.7 Å². The molecule has 3 aromatic heterocycles. The molecule has 4 atom stereocenters. The molecule has 60 heavy (non-hydrogen) atoms. The Labute approximate surface area is 372 Å². The van der Waals surface area contributed by atoms with E-state index in [0.29, 0.717) is 34.5 Å². The first-order valence-corrected chi connectivity index (χ1v) is 21.6. The van der Waals surface area contributed by atoms with Gasteiger partial charge < -0.3 is 29.7 Å². The number of carbonyl (C=O) groups is 3. The number of fused-ring (bicyclic) bond motifs is 8. The van der Waals surface area contributed by atoms with Gasteiger partial charge in [0.15, 0.2) is 5.78 Å². The Hall–Kier alpha value is -4.28. The smallest absolute Gasteiger partial charge is 0.681 e. The van der Waals surface area contributed by atoms with E-state index in [-0.39, 0.29) is 59.5 Å². The fraction of sp³-hybridized carbons (Fsp3) is 0.500. The van der Waals surface area contributed by atoms with Gasteiger partial charge in [-0.1, -0.05) is 131 Å². The molecule has 5 heterocycles. The molecule has 9 nitrogen and oxygen atoms in total. The summed E-state index contributed by atoms with van der Waals surface area (Å²) in [7, 11) is 1.28. The fourth-order valence-corrected chi connectivity index (χ4v) is 9.19. The van der Waals surface area contributed by atoms with Crippen LogP contribution < -0.4 is 25.7 Å². The Morgan fingerprint density at radius 2 is 1.60 bits per heavy atom. The molecule has 6 rings (SSSR count). The number of ether oxygens (including phenoxy) is 2. The molecule has 1 fully saturated rings. The average molecular weight is 823 g/mol. The summed E-state index contributed by atoms with van der Waals surface area (Å²) in [4.78, 5) is 56.4. The molecule has 2 aliphatic heterocycles. The van der Waals surface area contributed by atoms with Gasteiger partial charge in [0.05, 0.1) is 7.11 Å². The number of Topliss-reactive ketones (excluding diaryl/α,β-unsaturated/α-hetero) is 1. The number of carbonyl (C=O) groups excluding carboxylic acids is 3. The second kappa shape index (κ2) is 20.1. The van der Waals surface area contributed by atoms with E-state index in [1.807, 2.05) is 44.2 Å². The van der Waals surface area contributed by atoms with Gasteiger partial charge in [-0.05, 0) is 88.7 Å². The maximum atomic E-state index is 14.3. The monoisotopic (exact) mass is 822 g/mol. The summed E-state index contributed by atoms with van der Waals surface area (Å²) in [6.45, 7) is 23.5. The third kappa shape index (κ3) is 9.60. The van der Waals surface area contributed by atoms with Crippen LogP contribution in [0.3, 0.4) is 0 Å². The topological polar surface area (TPSA) is 126 Å². The SMILES string of the molecule is C=Cc1c2[n-]c(c1C)/C=C1\[N-]C(C3=C(C(=O)OC)C(=O)c4c3[n-]c(c4C)/C=c3\[n-]/c(c(C)c3CC)=C\2)[C@@H](CCC(=O)OC/C=C(\C)CCC[C@H](C)CCCC(C)C)[C@@H]1C.[Mg+2]. The van der Waals surface area contributed by atoms with Gasteiger partial charge in [-0.15, -0.1) is 33.5 Å². The van der Waals surface area contributed by atoms with Crippen molar-refractivity contribution in [1.82, 2.24) is 15.0 Å². The summed E-state index contributed by atoms with van der Waals surface area (Å²) >= 11 is 0. The summed E-state index contributed by atoms with van der Waals surface area (Å²) in [5, 5.41) is 6.88. The van der Waals surface area contributed by atoms with Crippen molar-refractivity contribution in [3.63, 3.8) is 0 Å². The average Bonchev–Trinajstić information content (AvgIpc) is 3.94. The number of rotatable bonds is 16. The number of ketones is 1. The first-order chi connectivity index (χ1) is 28.2. The Bertz CT molecular complexity index is 2350. The molecule has 0 amide bonds. The Morgan fingerprint density at radius 1 is 0.900 bits per heavy atom. The van der Waals surface area contributed by atoms with Crippen LogP contribution in [-0.4, -0.2) is 60.5 Å². The number of esters is 2.